The van der Waals surface area contributed by atoms with Crippen molar-refractivity contribution >= 4 is 23.5 Å². The van der Waals surface area contributed by atoms with Gasteiger partial charge >= 0.3 is 6.09 Å². The predicted octanol–water partition coefficient (Wildman–Crippen LogP) is 3.23. The van der Waals surface area contributed by atoms with Crippen molar-refractivity contribution in [1.29, 1.82) is 5.26 Å². The van der Waals surface area contributed by atoms with Gasteiger partial charge < -0.3 is 20.2 Å². The number of benzene rings is 1. The Hall–Kier alpha value is -3.34. The van der Waals surface area contributed by atoms with Gasteiger partial charge in [0.15, 0.2) is 0 Å². The summed E-state index contributed by atoms with van der Waals surface area (Å²) in [6.45, 7) is 5.56. The molecule has 2 N–H and O–H groups in total. The van der Waals surface area contributed by atoms with Crippen LogP contribution in [0.4, 0.5) is 22.2 Å². The normalized spacial score (nSPS) is 16.5. The molecule has 2 aromatic rings. The Morgan fingerprint density at radius 1 is 1.36 bits per heavy atom. The van der Waals surface area contributed by atoms with Crippen LogP contribution in [0.15, 0.2) is 30.3 Å². The molecule has 1 aliphatic rings. The second-order valence-corrected chi connectivity index (χ2v) is 6.88. The van der Waals surface area contributed by atoms with Gasteiger partial charge in [0.2, 0.25) is 5.95 Å². The number of nitriles is 1. The number of amides is 1. The molecule has 1 atom stereocenters. The second-order valence-electron chi connectivity index (χ2n) is 6.88. The summed E-state index contributed by atoms with van der Waals surface area (Å²) in [5, 5.41) is 21.5. The van der Waals surface area contributed by atoms with Gasteiger partial charge in [-0.1, -0.05) is 19.4 Å². The molecule has 1 aliphatic heterocycles. The summed E-state index contributed by atoms with van der Waals surface area (Å²) in [6.07, 6.45) is 0.897. The summed E-state index contributed by atoms with van der Waals surface area (Å²) in [7, 11) is 0. The van der Waals surface area contributed by atoms with Crippen LogP contribution in [0.2, 0.25) is 0 Å². The molecule has 1 saturated heterocycles. The topological polar surface area (TPSA) is 105 Å². The van der Waals surface area contributed by atoms with E-state index in [0.29, 0.717) is 31.1 Å². The van der Waals surface area contributed by atoms with Crippen molar-refractivity contribution in [3.63, 3.8) is 0 Å². The summed E-state index contributed by atoms with van der Waals surface area (Å²) in [6, 6.07) is 11.3. The van der Waals surface area contributed by atoms with Gasteiger partial charge in [-0.2, -0.15) is 10.2 Å². The van der Waals surface area contributed by atoms with Crippen LogP contribution in [0, 0.1) is 11.3 Å². The number of nitrogens with zero attached hydrogens (tertiary/aromatic N) is 5. The average Bonchev–Trinajstić information content (AvgIpc) is 2.68. The number of piperazine rings is 1. The lowest BCUT2D eigenvalue weighted by Gasteiger charge is -2.39. The quantitative estimate of drug-likeness (QED) is 0.820. The van der Waals surface area contributed by atoms with E-state index in [2.05, 4.69) is 33.2 Å². The third kappa shape index (κ3) is 4.49. The molecule has 2 heterocycles. The molecule has 0 spiro atoms. The van der Waals surface area contributed by atoms with Gasteiger partial charge in [-0.15, -0.1) is 0 Å². The van der Waals surface area contributed by atoms with Gasteiger partial charge in [0.25, 0.3) is 0 Å². The number of carboxylic acid groups (broad SMARTS) is 1. The molecule has 3 rings (SSSR count). The first-order chi connectivity index (χ1) is 13.5. The summed E-state index contributed by atoms with van der Waals surface area (Å²) in [4.78, 5) is 24.1. The molecular weight excluding hydrogens is 356 g/mol. The molecule has 1 aromatic carbocycles. The number of rotatable bonds is 5. The first-order valence-corrected chi connectivity index (χ1v) is 9.39. The molecule has 0 saturated carbocycles. The molecule has 8 nitrogen and oxygen atoms in total. The van der Waals surface area contributed by atoms with Crippen molar-refractivity contribution in [2.24, 2.45) is 0 Å². The first kappa shape index (κ1) is 19.4. The molecule has 0 aliphatic carbocycles. The van der Waals surface area contributed by atoms with Crippen LogP contribution in [0.5, 0.6) is 0 Å². The molecule has 0 unspecified atom stereocenters. The van der Waals surface area contributed by atoms with E-state index in [1.165, 1.54) is 4.90 Å². The smallest absolute Gasteiger partial charge is 0.407 e. The van der Waals surface area contributed by atoms with Crippen LogP contribution in [0.1, 0.15) is 31.5 Å². The fourth-order valence-electron chi connectivity index (χ4n) is 3.34. The van der Waals surface area contributed by atoms with Crippen LogP contribution < -0.4 is 10.2 Å². The number of carbonyl (C=O) groups is 1. The first-order valence-electron chi connectivity index (χ1n) is 9.39. The minimum absolute atomic E-state index is 0.0176. The van der Waals surface area contributed by atoms with Crippen molar-refractivity contribution in [1.82, 2.24) is 14.9 Å². The van der Waals surface area contributed by atoms with Gasteiger partial charge in [0.1, 0.15) is 5.82 Å². The van der Waals surface area contributed by atoms with Crippen LogP contribution in [-0.2, 0) is 6.42 Å². The predicted molar refractivity (Wildman–Crippen MR) is 107 cm³/mol. The Kier molecular flexibility index (Phi) is 5.94. The molecule has 0 bridgehead atoms. The number of aryl methyl sites for hydroxylation is 1. The van der Waals surface area contributed by atoms with Crippen molar-refractivity contribution in [2.45, 2.75) is 32.7 Å². The van der Waals surface area contributed by atoms with Crippen molar-refractivity contribution in [3.8, 4) is 6.07 Å². The average molecular weight is 380 g/mol. The lowest BCUT2D eigenvalue weighted by Crippen LogP contribution is -2.53. The monoisotopic (exact) mass is 380 g/mol. The lowest BCUT2D eigenvalue weighted by atomic mass is 10.2. The van der Waals surface area contributed by atoms with Crippen molar-refractivity contribution in [3.05, 3.63) is 41.6 Å². The number of hydrogen-bond donors (Lipinski definition) is 2. The van der Waals surface area contributed by atoms with Gasteiger partial charge in [-0.05, 0) is 31.5 Å². The Morgan fingerprint density at radius 3 is 2.86 bits per heavy atom. The highest BCUT2D eigenvalue weighted by molar-refractivity contribution is 5.66. The Labute approximate surface area is 164 Å². The zero-order valence-electron chi connectivity index (χ0n) is 16.1. The Balaban J connectivity index is 1.87. The van der Waals surface area contributed by atoms with E-state index < -0.39 is 6.09 Å². The highest BCUT2D eigenvalue weighted by Gasteiger charge is 2.27. The van der Waals surface area contributed by atoms with Gasteiger partial charge in [0, 0.05) is 43.1 Å². The van der Waals surface area contributed by atoms with Gasteiger partial charge in [0.05, 0.1) is 11.6 Å². The van der Waals surface area contributed by atoms with Crippen molar-refractivity contribution in [2.75, 3.05) is 29.9 Å². The zero-order valence-corrected chi connectivity index (χ0v) is 16.1. The highest BCUT2D eigenvalue weighted by Crippen LogP contribution is 2.23. The largest absolute Gasteiger partial charge is 0.465 e. The maximum atomic E-state index is 11.2. The number of anilines is 3. The molecule has 1 aromatic heterocycles. The maximum Gasteiger partial charge on any atom is 0.407 e. The third-order valence-corrected chi connectivity index (χ3v) is 4.71. The summed E-state index contributed by atoms with van der Waals surface area (Å²) in [5.41, 5.74) is 2.25. The second kappa shape index (κ2) is 8.57. The molecule has 28 heavy (non-hydrogen) atoms. The zero-order chi connectivity index (χ0) is 20.1. The summed E-state index contributed by atoms with van der Waals surface area (Å²) >= 11 is 0. The molecule has 8 heteroatoms. The fourth-order valence-corrected chi connectivity index (χ4v) is 3.34. The van der Waals surface area contributed by atoms with Crippen molar-refractivity contribution < 1.29 is 9.90 Å². The standard InChI is InChI=1S/C20H24N6O2/c1-3-5-16-11-18(26-9-8-25(20(27)28)13-14(26)2)24-19(22-16)23-17-7-4-6-15(10-17)12-21/h4,6-7,10-11,14H,3,5,8-9,13H2,1-2H3,(H,27,28)(H,22,23,24)/t14-/m1/s1. The minimum Gasteiger partial charge on any atom is -0.465 e. The Bertz CT molecular complexity index is 895. The molecule has 146 valence electrons. The van der Waals surface area contributed by atoms with Crippen LogP contribution >= 0.6 is 0 Å². The van der Waals surface area contributed by atoms with E-state index in [1.54, 1.807) is 12.1 Å². The number of nitrogens with one attached hydrogen (secondary N) is 1. The fraction of sp³-hybridized carbons (Fsp3) is 0.400. The molecule has 1 amide bonds. The van der Waals surface area contributed by atoms with E-state index in [1.807, 2.05) is 25.1 Å². The summed E-state index contributed by atoms with van der Waals surface area (Å²) in [5.74, 6) is 1.26. The van der Waals surface area contributed by atoms with Crippen LogP contribution in [0.25, 0.3) is 0 Å². The van der Waals surface area contributed by atoms with E-state index >= 15 is 0 Å². The van der Waals surface area contributed by atoms with Crippen LogP contribution in [-0.4, -0.2) is 51.7 Å². The van der Waals surface area contributed by atoms with E-state index in [9.17, 15) is 9.90 Å². The van der Waals surface area contributed by atoms with E-state index in [0.717, 1.165) is 30.0 Å². The minimum atomic E-state index is -0.888. The van der Waals surface area contributed by atoms with Gasteiger partial charge in [-0.3, -0.25) is 0 Å². The third-order valence-electron chi connectivity index (χ3n) is 4.71. The van der Waals surface area contributed by atoms with Gasteiger partial charge in [-0.25, -0.2) is 9.78 Å². The number of hydrogen-bond acceptors (Lipinski definition) is 6. The molecular formula is C20H24N6O2. The Morgan fingerprint density at radius 2 is 2.18 bits per heavy atom. The maximum absolute atomic E-state index is 11.2. The highest BCUT2D eigenvalue weighted by atomic mass is 16.4. The molecule has 1 fully saturated rings. The van der Waals surface area contributed by atoms with Crippen LogP contribution in [0.3, 0.4) is 0 Å². The van der Waals surface area contributed by atoms with E-state index in [4.69, 9.17) is 5.26 Å². The lowest BCUT2D eigenvalue weighted by molar-refractivity contribution is 0.136. The summed E-state index contributed by atoms with van der Waals surface area (Å²) < 4.78 is 0. The SMILES string of the molecule is CCCc1cc(N2CCN(C(=O)O)C[C@H]2C)nc(Nc2cccc(C#N)c2)n1. The molecule has 0 radical (unpaired) electrons. The number of aromatic nitrogens is 2. The van der Waals surface area contributed by atoms with E-state index in [-0.39, 0.29) is 6.04 Å².